The van der Waals surface area contributed by atoms with Crippen molar-refractivity contribution in [3.63, 3.8) is 0 Å². The minimum absolute atomic E-state index is 0.0994. The third-order valence-corrected chi connectivity index (χ3v) is 8.35. The molecule has 6 rings (SSSR count). The van der Waals surface area contributed by atoms with Crippen molar-refractivity contribution in [2.45, 2.75) is 50.5 Å². The van der Waals surface area contributed by atoms with E-state index in [4.69, 9.17) is 10.1 Å². The molecule has 3 saturated heterocycles. The normalized spacial score (nSPS) is 22.0. The molecule has 3 aliphatic rings. The van der Waals surface area contributed by atoms with E-state index < -0.39 is 18.4 Å². The van der Waals surface area contributed by atoms with Gasteiger partial charge in [0, 0.05) is 62.7 Å². The molecule has 0 amide bonds. The van der Waals surface area contributed by atoms with Crippen LogP contribution in [0, 0.1) is 5.92 Å². The first-order valence-corrected chi connectivity index (χ1v) is 13.4. The number of pyridine rings is 2. The molecule has 38 heavy (non-hydrogen) atoms. The monoisotopic (exact) mass is 524 g/mol. The first-order chi connectivity index (χ1) is 18.3. The van der Waals surface area contributed by atoms with E-state index in [2.05, 4.69) is 44.3 Å². The van der Waals surface area contributed by atoms with Gasteiger partial charge in [-0.1, -0.05) is 13.8 Å². The summed E-state index contributed by atoms with van der Waals surface area (Å²) in [6.45, 7) is 6.98. The van der Waals surface area contributed by atoms with Crippen molar-refractivity contribution in [2.24, 2.45) is 5.92 Å². The fourth-order valence-electron chi connectivity index (χ4n) is 5.91. The molecule has 3 aromatic heterocycles. The molecule has 3 aliphatic heterocycles. The van der Waals surface area contributed by atoms with Crippen molar-refractivity contribution in [3.8, 4) is 0 Å². The van der Waals surface area contributed by atoms with E-state index in [-0.39, 0.29) is 36.9 Å². The zero-order chi connectivity index (χ0) is 26.5. The van der Waals surface area contributed by atoms with Gasteiger partial charge >= 0.3 is 0 Å². The van der Waals surface area contributed by atoms with Crippen molar-refractivity contribution in [1.82, 2.24) is 25.3 Å². The number of hydrogen-bond acceptors (Lipinski definition) is 9. The van der Waals surface area contributed by atoms with Crippen LogP contribution in [0.2, 0.25) is 0 Å². The quantitative estimate of drug-likeness (QED) is 0.427. The molecule has 1 unspecified atom stereocenters. The molecular formula is C27H34F2N8O. The maximum atomic E-state index is 14.6. The van der Waals surface area contributed by atoms with Gasteiger partial charge in [0.25, 0.3) is 5.92 Å². The molecule has 3 N–H and O–H groups in total. The number of aliphatic hydroxyl groups is 1. The lowest BCUT2D eigenvalue weighted by Gasteiger charge is -2.59. The van der Waals surface area contributed by atoms with Gasteiger partial charge in [0.15, 0.2) is 0 Å². The summed E-state index contributed by atoms with van der Waals surface area (Å²) in [5.74, 6) is -1.10. The van der Waals surface area contributed by atoms with Crippen LogP contribution in [0.4, 0.5) is 32.2 Å². The average molecular weight is 525 g/mol. The van der Waals surface area contributed by atoms with E-state index in [9.17, 15) is 8.78 Å². The summed E-state index contributed by atoms with van der Waals surface area (Å²) in [6.07, 6.45) is 6.97. The Kier molecular flexibility index (Phi) is 6.30. The zero-order valence-electron chi connectivity index (χ0n) is 21.8. The Labute approximate surface area is 220 Å². The minimum atomic E-state index is -2.91. The van der Waals surface area contributed by atoms with Crippen LogP contribution < -0.4 is 20.4 Å². The van der Waals surface area contributed by atoms with Gasteiger partial charge < -0.3 is 25.5 Å². The molecule has 0 saturated carbocycles. The summed E-state index contributed by atoms with van der Waals surface area (Å²) in [7, 11) is 0. The van der Waals surface area contributed by atoms with Crippen molar-refractivity contribution in [3.05, 3.63) is 36.3 Å². The Balaban J connectivity index is 1.26. The predicted octanol–water partition coefficient (Wildman–Crippen LogP) is 3.68. The van der Waals surface area contributed by atoms with E-state index in [1.54, 1.807) is 12.3 Å². The fourth-order valence-corrected chi connectivity index (χ4v) is 5.91. The molecule has 6 heterocycles. The Morgan fingerprint density at radius 3 is 2.63 bits per heavy atom. The molecule has 3 aromatic rings. The van der Waals surface area contributed by atoms with Crippen LogP contribution in [0.15, 0.2) is 30.7 Å². The second kappa shape index (κ2) is 9.53. The lowest BCUT2D eigenvalue weighted by atomic mass is 9.79. The SMILES string of the molecule is CC(C)c1cnc(N2CCC23CNC3)c2cnc(Nc3ccnc(N4CCC(CCO)C(F)(F)C4)n3)cc12. The van der Waals surface area contributed by atoms with Gasteiger partial charge in [-0.15, -0.1) is 0 Å². The van der Waals surface area contributed by atoms with Gasteiger partial charge in [-0.3, -0.25) is 0 Å². The highest BCUT2D eigenvalue weighted by Crippen LogP contribution is 2.42. The molecule has 0 aromatic carbocycles. The number of nitrogens with one attached hydrogen (secondary N) is 2. The maximum Gasteiger partial charge on any atom is 0.268 e. The summed E-state index contributed by atoms with van der Waals surface area (Å²) < 4.78 is 29.3. The highest BCUT2D eigenvalue weighted by atomic mass is 19.3. The first-order valence-electron chi connectivity index (χ1n) is 13.4. The van der Waals surface area contributed by atoms with Crippen LogP contribution in [0.25, 0.3) is 10.8 Å². The second-order valence-corrected chi connectivity index (χ2v) is 11.1. The lowest BCUT2D eigenvalue weighted by Crippen LogP contribution is -2.76. The van der Waals surface area contributed by atoms with Gasteiger partial charge in [-0.05, 0) is 48.3 Å². The highest BCUT2D eigenvalue weighted by molar-refractivity contribution is 5.96. The van der Waals surface area contributed by atoms with Crippen LogP contribution >= 0.6 is 0 Å². The zero-order valence-corrected chi connectivity index (χ0v) is 21.8. The van der Waals surface area contributed by atoms with E-state index in [0.29, 0.717) is 18.2 Å². The number of fused-ring (bicyclic) bond motifs is 1. The van der Waals surface area contributed by atoms with E-state index in [1.165, 1.54) is 11.3 Å². The molecule has 0 radical (unpaired) electrons. The van der Waals surface area contributed by atoms with Gasteiger partial charge in [0.05, 0.1) is 12.1 Å². The number of halogens is 2. The van der Waals surface area contributed by atoms with Crippen molar-refractivity contribution in [2.75, 3.05) is 54.4 Å². The summed E-state index contributed by atoms with van der Waals surface area (Å²) in [5.41, 5.74) is 1.32. The predicted molar refractivity (Wildman–Crippen MR) is 143 cm³/mol. The van der Waals surface area contributed by atoms with Crippen molar-refractivity contribution in [1.29, 1.82) is 0 Å². The summed E-state index contributed by atoms with van der Waals surface area (Å²) in [4.78, 5) is 22.2. The fraction of sp³-hybridized carbons (Fsp3) is 0.556. The van der Waals surface area contributed by atoms with E-state index in [0.717, 1.165) is 41.8 Å². The first kappa shape index (κ1) is 25.1. The number of aliphatic hydroxyl groups excluding tert-OH is 1. The van der Waals surface area contributed by atoms with E-state index in [1.807, 2.05) is 18.5 Å². The molecular weight excluding hydrogens is 490 g/mol. The van der Waals surface area contributed by atoms with Crippen LogP contribution in [0.1, 0.15) is 44.6 Å². The Morgan fingerprint density at radius 1 is 1.13 bits per heavy atom. The summed E-state index contributed by atoms with van der Waals surface area (Å²) >= 11 is 0. The highest BCUT2D eigenvalue weighted by Gasteiger charge is 2.50. The number of rotatable bonds is 7. The Hall–Kier alpha value is -3.18. The molecule has 11 heteroatoms. The number of aromatic nitrogens is 4. The van der Waals surface area contributed by atoms with Gasteiger partial charge in [-0.2, -0.15) is 4.98 Å². The van der Waals surface area contributed by atoms with Crippen LogP contribution in [-0.4, -0.2) is 75.8 Å². The standard InChI is InChI=1S/C27H34F2N8O/c1-17(2)20-12-33-24(37-9-6-26(37)14-30-15-26)21-13-32-23(11-19(20)21)34-22-3-7-31-25(35-22)36-8-4-18(5-10-38)27(28,29)16-36/h3,7,11-13,17-18,30,38H,4-6,8-10,14-16H2,1-2H3,(H,31,32,34,35). The smallest absolute Gasteiger partial charge is 0.268 e. The van der Waals surface area contributed by atoms with Crippen LogP contribution in [0.3, 0.4) is 0 Å². The number of hydrogen-bond donors (Lipinski definition) is 3. The topological polar surface area (TPSA) is 102 Å². The van der Waals surface area contributed by atoms with Gasteiger partial charge in [-0.25, -0.2) is 23.7 Å². The van der Waals surface area contributed by atoms with Gasteiger partial charge in [0.1, 0.15) is 17.5 Å². The third kappa shape index (κ3) is 4.31. The number of nitrogens with zero attached hydrogens (tertiary/aromatic N) is 6. The van der Waals surface area contributed by atoms with Gasteiger partial charge in [0.2, 0.25) is 5.95 Å². The molecule has 202 valence electrons. The maximum absolute atomic E-state index is 14.6. The van der Waals surface area contributed by atoms with E-state index >= 15 is 0 Å². The third-order valence-electron chi connectivity index (χ3n) is 8.35. The molecule has 1 atom stereocenters. The number of alkyl halides is 2. The average Bonchev–Trinajstić information content (AvgIpc) is 2.83. The van der Waals surface area contributed by atoms with Crippen molar-refractivity contribution >= 4 is 34.2 Å². The number of piperidine rings is 1. The van der Waals surface area contributed by atoms with Crippen molar-refractivity contribution < 1.29 is 13.9 Å². The second-order valence-electron chi connectivity index (χ2n) is 11.1. The Morgan fingerprint density at radius 2 is 1.97 bits per heavy atom. The molecule has 1 spiro atoms. The molecule has 0 bridgehead atoms. The summed E-state index contributed by atoms with van der Waals surface area (Å²) in [6, 6.07) is 3.73. The molecule has 9 nitrogen and oxygen atoms in total. The molecule has 3 fully saturated rings. The lowest BCUT2D eigenvalue weighted by molar-refractivity contribution is -0.0719. The minimum Gasteiger partial charge on any atom is -0.396 e. The Bertz CT molecular complexity index is 1330. The molecule has 0 aliphatic carbocycles. The number of anilines is 4. The van der Waals surface area contributed by atoms with Crippen LogP contribution in [-0.2, 0) is 0 Å². The summed E-state index contributed by atoms with van der Waals surface area (Å²) in [5, 5.41) is 17.9. The largest absolute Gasteiger partial charge is 0.396 e. The van der Waals surface area contributed by atoms with Crippen LogP contribution in [0.5, 0.6) is 0 Å².